The van der Waals surface area contributed by atoms with Gasteiger partial charge in [-0.2, -0.15) is 0 Å². The van der Waals surface area contributed by atoms with Crippen LogP contribution in [0, 0.1) is 0 Å². The summed E-state index contributed by atoms with van der Waals surface area (Å²) in [5.74, 6) is 0. The largest absolute Gasteiger partial charge is 0.390 e. The van der Waals surface area contributed by atoms with Gasteiger partial charge in [-0.25, -0.2) is 0 Å². The first-order chi connectivity index (χ1) is 3.31. The molecule has 0 spiro atoms. The van der Waals surface area contributed by atoms with E-state index < -0.39 is 0 Å². The van der Waals surface area contributed by atoms with E-state index in [4.69, 9.17) is 5.11 Å². The molecule has 0 aromatic carbocycles. The molecule has 1 N–H and O–H groups in total. The monoisotopic (exact) mass is 101 g/mol. The second kappa shape index (κ2) is 3.81. The first-order valence-corrected chi connectivity index (χ1v) is 2.42. The summed E-state index contributed by atoms with van der Waals surface area (Å²) < 4.78 is 0. The molecule has 0 radical (unpaired) electrons. The van der Waals surface area contributed by atoms with E-state index in [9.17, 15) is 0 Å². The van der Waals surface area contributed by atoms with Crippen molar-refractivity contribution < 1.29 is 5.11 Å². The fourth-order valence-electron chi connectivity index (χ4n) is 0.320. The lowest BCUT2D eigenvalue weighted by Gasteiger charge is -1.87. The Morgan fingerprint density at radius 3 is 2.43 bits per heavy atom. The van der Waals surface area contributed by atoms with Gasteiger partial charge in [-0.15, -0.1) is 0 Å². The summed E-state index contributed by atoms with van der Waals surface area (Å²) >= 11 is 0. The van der Waals surface area contributed by atoms with Gasteiger partial charge in [0.05, 0.1) is 6.61 Å². The van der Waals surface area contributed by atoms with E-state index in [1.807, 2.05) is 13.8 Å². The Morgan fingerprint density at radius 2 is 2.29 bits per heavy atom. The molecule has 0 saturated heterocycles. The third-order valence-electron chi connectivity index (χ3n) is 0.657. The minimum atomic E-state index is 0.0911. The van der Waals surface area contributed by atoms with Crippen LogP contribution in [0.15, 0.2) is 4.99 Å². The fraction of sp³-hybridized carbons (Fsp3) is 0.800. The van der Waals surface area contributed by atoms with Gasteiger partial charge in [0.15, 0.2) is 0 Å². The van der Waals surface area contributed by atoms with Crippen LogP contribution in [0.3, 0.4) is 0 Å². The summed E-state index contributed by atoms with van der Waals surface area (Å²) in [6.45, 7) is 4.61. The molecule has 0 rings (SSSR count). The number of aliphatic hydroxyl groups excluding tert-OH is 1. The van der Waals surface area contributed by atoms with E-state index in [0.717, 1.165) is 12.3 Å². The molecule has 0 aromatic heterocycles. The molecular formula is C5H11NO. The summed E-state index contributed by atoms with van der Waals surface area (Å²) in [6.07, 6.45) is 0. The molecule has 0 amide bonds. The number of aliphatic hydroxyl groups is 1. The van der Waals surface area contributed by atoms with Crippen LogP contribution in [0.25, 0.3) is 0 Å². The van der Waals surface area contributed by atoms with Crippen molar-refractivity contribution in [2.24, 2.45) is 4.99 Å². The molecule has 0 saturated carbocycles. The summed E-state index contributed by atoms with van der Waals surface area (Å²) in [4.78, 5) is 3.91. The van der Waals surface area contributed by atoms with Gasteiger partial charge in [0.2, 0.25) is 0 Å². The average Bonchev–Trinajstić information content (AvgIpc) is 1.68. The number of nitrogens with zero attached hydrogens (tertiary/aromatic N) is 1. The second-order valence-electron chi connectivity index (χ2n) is 1.37. The smallest absolute Gasteiger partial charge is 0.0806 e. The van der Waals surface area contributed by atoms with Crippen LogP contribution < -0.4 is 0 Å². The zero-order valence-electron chi connectivity index (χ0n) is 4.81. The van der Waals surface area contributed by atoms with Gasteiger partial charge in [0, 0.05) is 12.3 Å². The fourth-order valence-corrected chi connectivity index (χ4v) is 0.320. The lowest BCUT2D eigenvalue weighted by atomic mass is 10.4. The van der Waals surface area contributed by atoms with E-state index in [2.05, 4.69) is 4.99 Å². The third-order valence-corrected chi connectivity index (χ3v) is 0.657. The minimum Gasteiger partial charge on any atom is -0.390 e. The maximum Gasteiger partial charge on any atom is 0.0806 e. The Hall–Kier alpha value is -0.370. The maximum absolute atomic E-state index is 8.34. The van der Waals surface area contributed by atoms with Crippen molar-refractivity contribution in [3.8, 4) is 0 Å². The number of hydrogen-bond acceptors (Lipinski definition) is 2. The molecule has 0 aliphatic rings. The van der Waals surface area contributed by atoms with Gasteiger partial charge in [-0.3, -0.25) is 4.99 Å². The normalized spacial score (nSPS) is 12.1. The molecule has 0 bridgehead atoms. The Kier molecular flexibility index (Phi) is 3.61. The Morgan fingerprint density at radius 1 is 1.71 bits per heavy atom. The molecule has 0 aliphatic heterocycles. The van der Waals surface area contributed by atoms with Crippen LogP contribution in [0.4, 0.5) is 0 Å². The van der Waals surface area contributed by atoms with Crippen molar-refractivity contribution in [3.63, 3.8) is 0 Å². The van der Waals surface area contributed by atoms with E-state index in [0.29, 0.717) is 0 Å². The van der Waals surface area contributed by atoms with Crippen LogP contribution in [0.2, 0.25) is 0 Å². The van der Waals surface area contributed by atoms with Crippen LogP contribution >= 0.6 is 0 Å². The van der Waals surface area contributed by atoms with Gasteiger partial charge >= 0.3 is 0 Å². The van der Waals surface area contributed by atoms with Gasteiger partial charge in [0.25, 0.3) is 0 Å². The van der Waals surface area contributed by atoms with Crippen LogP contribution in [0.1, 0.15) is 13.8 Å². The standard InChI is InChI=1S/C5H11NO/c1-3-6-5(2)4-7/h7H,3-4H2,1-2H3. The molecule has 42 valence electrons. The highest BCUT2D eigenvalue weighted by Gasteiger charge is 1.79. The van der Waals surface area contributed by atoms with E-state index in [1.165, 1.54) is 0 Å². The lowest BCUT2D eigenvalue weighted by Crippen LogP contribution is -1.97. The van der Waals surface area contributed by atoms with Crippen molar-refractivity contribution >= 4 is 5.71 Å². The Labute approximate surface area is 43.9 Å². The molecule has 0 atom stereocenters. The Balaban J connectivity index is 3.29. The van der Waals surface area contributed by atoms with Crippen LogP contribution in [0.5, 0.6) is 0 Å². The molecule has 0 unspecified atom stereocenters. The van der Waals surface area contributed by atoms with E-state index in [1.54, 1.807) is 0 Å². The minimum absolute atomic E-state index is 0.0911. The molecule has 7 heavy (non-hydrogen) atoms. The third kappa shape index (κ3) is 3.46. The highest BCUT2D eigenvalue weighted by Crippen LogP contribution is 1.72. The van der Waals surface area contributed by atoms with Crippen molar-refractivity contribution in [2.75, 3.05) is 13.2 Å². The van der Waals surface area contributed by atoms with Gasteiger partial charge in [-0.05, 0) is 13.8 Å². The second-order valence-corrected chi connectivity index (χ2v) is 1.37. The average molecular weight is 101 g/mol. The zero-order valence-corrected chi connectivity index (χ0v) is 4.81. The summed E-state index contributed by atoms with van der Waals surface area (Å²) in [5.41, 5.74) is 0.808. The maximum atomic E-state index is 8.34. The molecule has 2 heteroatoms. The Bertz CT molecular complexity index is 68.5. The highest BCUT2D eigenvalue weighted by atomic mass is 16.3. The van der Waals surface area contributed by atoms with E-state index >= 15 is 0 Å². The predicted octanol–water partition coefficient (Wildman–Crippen LogP) is 0.460. The molecular weight excluding hydrogens is 90.1 g/mol. The van der Waals surface area contributed by atoms with Crippen molar-refractivity contribution in [1.29, 1.82) is 0 Å². The molecule has 0 aliphatic carbocycles. The summed E-state index contributed by atoms with van der Waals surface area (Å²) in [7, 11) is 0. The van der Waals surface area contributed by atoms with Gasteiger partial charge in [-0.1, -0.05) is 0 Å². The molecule has 0 heterocycles. The van der Waals surface area contributed by atoms with Crippen LogP contribution in [-0.4, -0.2) is 24.0 Å². The summed E-state index contributed by atoms with van der Waals surface area (Å²) in [6, 6.07) is 0. The van der Waals surface area contributed by atoms with Crippen LogP contribution in [-0.2, 0) is 0 Å². The first-order valence-electron chi connectivity index (χ1n) is 2.42. The molecule has 0 aromatic rings. The predicted molar refractivity (Wildman–Crippen MR) is 30.7 cm³/mol. The highest BCUT2D eigenvalue weighted by molar-refractivity contribution is 5.82. The number of rotatable bonds is 2. The summed E-state index contributed by atoms with van der Waals surface area (Å²) in [5, 5.41) is 8.34. The van der Waals surface area contributed by atoms with Crippen molar-refractivity contribution in [1.82, 2.24) is 0 Å². The number of hydrogen-bond donors (Lipinski definition) is 1. The van der Waals surface area contributed by atoms with Crippen molar-refractivity contribution in [3.05, 3.63) is 0 Å². The number of aliphatic imine (C=N–C) groups is 1. The van der Waals surface area contributed by atoms with E-state index in [-0.39, 0.29) is 6.61 Å². The van der Waals surface area contributed by atoms with Crippen molar-refractivity contribution in [2.45, 2.75) is 13.8 Å². The lowest BCUT2D eigenvalue weighted by molar-refractivity contribution is 0.356. The first kappa shape index (κ1) is 6.63. The molecule has 2 nitrogen and oxygen atoms in total. The van der Waals surface area contributed by atoms with Gasteiger partial charge in [0.1, 0.15) is 0 Å². The zero-order chi connectivity index (χ0) is 5.70. The van der Waals surface area contributed by atoms with Gasteiger partial charge < -0.3 is 5.11 Å². The topological polar surface area (TPSA) is 32.6 Å². The quantitative estimate of drug-likeness (QED) is 0.503. The molecule has 0 fully saturated rings. The SMILES string of the molecule is CCN=C(C)CO.